The summed E-state index contributed by atoms with van der Waals surface area (Å²) in [6, 6.07) is 2.65. The highest BCUT2D eigenvalue weighted by Crippen LogP contribution is 2.37. The van der Waals surface area contributed by atoms with Gasteiger partial charge in [-0.2, -0.15) is 0 Å². The molecule has 1 aliphatic carbocycles. The standard InChI is InChI=1S/C13H13Cl2FN2O/c14-9-5-7(16)6-10(15)12(9)18-4-3-11(13(18)19)17-8-1-2-8/h5-6,8,11,17H,1-4H2. The van der Waals surface area contributed by atoms with Crippen LogP contribution < -0.4 is 10.2 Å². The highest BCUT2D eigenvalue weighted by molar-refractivity contribution is 6.40. The average molecular weight is 303 g/mol. The number of nitrogens with one attached hydrogen (secondary N) is 1. The normalized spacial score (nSPS) is 23.2. The number of carbonyl (C=O) groups is 1. The predicted octanol–water partition coefficient (Wildman–Crippen LogP) is 2.99. The zero-order valence-corrected chi connectivity index (χ0v) is 11.6. The SMILES string of the molecule is O=C1C(NC2CC2)CCN1c1c(Cl)cc(F)cc1Cl. The molecule has 19 heavy (non-hydrogen) atoms. The van der Waals surface area contributed by atoms with Gasteiger partial charge in [-0.05, 0) is 31.4 Å². The van der Waals surface area contributed by atoms with Crippen LogP contribution in [0.5, 0.6) is 0 Å². The Morgan fingerprint density at radius 1 is 1.21 bits per heavy atom. The van der Waals surface area contributed by atoms with Gasteiger partial charge in [0.2, 0.25) is 5.91 Å². The Kier molecular flexibility index (Phi) is 3.41. The Morgan fingerprint density at radius 3 is 2.42 bits per heavy atom. The van der Waals surface area contributed by atoms with Gasteiger partial charge in [-0.1, -0.05) is 23.2 Å². The molecule has 2 aliphatic rings. The summed E-state index contributed by atoms with van der Waals surface area (Å²) < 4.78 is 13.2. The van der Waals surface area contributed by atoms with Gasteiger partial charge in [0.25, 0.3) is 0 Å². The van der Waals surface area contributed by atoms with Gasteiger partial charge < -0.3 is 10.2 Å². The van der Waals surface area contributed by atoms with E-state index < -0.39 is 5.82 Å². The Morgan fingerprint density at radius 2 is 1.84 bits per heavy atom. The van der Waals surface area contributed by atoms with Crippen molar-refractivity contribution in [2.45, 2.75) is 31.3 Å². The van der Waals surface area contributed by atoms with Crippen LogP contribution in [0.3, 0.4) is 0 Å². The summed E-state index contributed by atoms with van der Waals surface area (Å²) in [4.78, 5) is 13.9. The van der Waals surface area contributed by atoms with Crippen LogP contribution in [0.4, 0.5) is 10.1 Å². The minimum absolute atomic E-state index is 0.0395. The number of hydrogen-bond acceptors (Lipinski definition) is 2. The van der Waals surface area contributed by atoms with Crippen LogP contribution in [0, 0.1) is 5.82 Å². The quantitative estimate of drug-likeness (QED) is 0.931. The predicted molar refractivity (Wildman–Crippen MR) is 73.3 cm³/mol. The zero-order chi connectivity index (χ0) is 13.6. The second-order valence-corrected chi connectivity index (χ2v) is 5.80. The molecule has 1 unspecified atom stereocenters. The Balaban J connectivity index is 1.84. The topological polar surface area (TPSA) is 32.3 Å². The van der Waals surface area contributed by atoms with Crippen LogP contribution in [-0.2, 0) is 4.79 Å². The number of rotatable bonds is 3. The number of benzene rings is 1. The first-order valence-corrected chi connectivity index (χ1v) is 7.04. The third-order valence-corrected chi connectivity index (χ3v) is 4.05. The van der Waals surface area contributed by atoms with Crippen molar-refractivity contribution in [1.29, 1.82) is 0 Å². The van der Waals surface area contributed by atoms with E-state index in [4.69, 9.17) is 23.2 Å². The molecular weight excluding hydrogens is 290 g/mol. The third kappa shape index (κ3) is 2.57. The van der Waals surface area contributed by atoms with Crippen LogP contribution in [0.1, 0.15) is 19.3 Å². The second-order valence-electron chi connectivity index (χ2n) is 4.99. The molecule has 0 radical (unpaired) electrons. The van der Waals surface area contributed by atoms with Crippen LogP contribution in [-0.4, -0.2) is 24.5 Å². The van der Waals surface area contributed by atoms with Gasteiger partial charge in [-0.15, -0.1) is 0 Å². The lowest BCUT2D eigenvalue weighted by Gasteiger charge is -2.20. The number of nitrogens with zero attached hydrogens (tertiary/aromatic N) is 1. The Labute approximate surface area is 120 Å². The van der Waals surface area contributed by atoms with E-state index in [1.807, 2.05) is 0 Å². The van der Waals surface area contributed by atoms with E-state index >= 15 is 0 Å². The van der Waals surface area contributed by atoms with E-state index in [-0.39, 0.29) is 22.0 Å². The zero-order valence-electron chi connectivity index (χ0n) is 10.1. The molecule has 102 valence electrons. The summed E-state index contributed by atoms with van der Waals surface area (Å²) in [5.41, 5.74) is 0.412. The minimum atomic E-state index is -0.502. The fourth-order valence-corrected chi connectivity index (χ4v) is 3.05. The highest BCUT2D eigenvalue weighted by Gasteiger charge is 2.37. The molecule has 1 amide bonds. The van der Waals surface area contributed by atoms with Crippen molar-refractivity contribution in [3.63, 3.8) is 0 Å². The molecule has 6 heteroatoms. The first-order chi connectivity index (χ1) is 9.06. The lowest BCUT2D eigenvalue weighted by molar-refractivity contribution is -0.118. The van der Waals surface area contributed by atoms with Crippen LogP contribution in [0.15, 0.2) is 12.1 Å². The smallest absolute Gasteiger partial charge is 0.244 e. The number of anilines is 1. The van der Waals surface area contributed by atoms with Gasteiger partial charge >= 0.3 is 0 Å². The van der Waals surface area contributed by atoms with E-state index in [0.29, 0.717) is 18.3 Å². The summed E-state index contributed by atoms with van der Waals surface area (Å²) >= 11 is 12.0. The molecule has 1 atom stereocenters. The summed E-state index contributed by atoms with van der Waals surface area (Å²) in [5, 5.41) is 3.64. The Hall–Kier alpha value is -0.840. The summed E-state index contributed by atoms with van der Waals surface area (Å²) in [6.45, 7) is 0.550. The summed E-state index contributed by atoms with van der Waals surface area (Å²) in [7, 11) is 0. The van der Waals surface area contributed by atoms with Gasteiger partial charge in [0.05, 0.1) is 21.8 Å². The number of hydrogen-bond donors (Lipinski definition) is 1. The fourth-order valence-electron chi connectivity index (χ4n) is 2.38. The molecular formula is C13H13Cl2FN2O. The molecule has 3 rings (SSSR count). The molecule has 1 aliphatic heterocycles. The maximum atomic E-state index is 13.2. The highest BCUT2D eigenvalue weighted by atomic mass is 35.5. The largest absolute Gasteiger partial charge is 0.308 e. The second kappa shape index (κ2) is 4.93. The van der Waals surface area contributed by atoms with Crippen molar-refractivity contribution >= 4 is 34.8 Å². The van der Waals surface area contributed by atoms with Gasteiger partial charge in [0.15, 0.2) is 0 Å². The average Bonchev–Trinajstić information content (AvgIpc) is 3.07. The van der Waals surface area contributed by atoms with Crippen molar-refractivity contribution in [2.24, 2.45) is 0 Å². The molecule has 0 aromatic heterocycles. The van der Waals surface area contributed by atoms with Crippen molar-refractivity contribution in [3.05, 3.63) is 28.0 Å². The maximum Gasteiger partial charge on any atom is 0.244 e. The van der Waals surface area contributed by atoms with Gasteiger partial charge in [0.1, 0.15) is 5.82 Å². The molecule has 1 saturated heterocycles. The van der Waals surface area contributed by atoms with Crippen molar-refractivity contribution < 1.29 is 9.18 Å². The van der Waals surface area contributed by atoms with E-state index in [1.165, 1.54) is 12.1 Å². The van der Waals surface area contributed by atoms with Gasteiger partial charge in [0, 0.05) is 12.6 Å². The lowest BCUT2D eigenvalue weighted by Crippen LogP contribution is -2.39. The minimum Gasteiger partial charge on any atom is -0.308 e. The molecule has 1 aromatic rings. The Bertz CT molecular complexity index is 510. The first-order valence-electron chi connectivity index (χ1n) is 6.28. The van der Waals surface area contributed by atoms with Crippen molar-refractivity contribution in [1.82, 2.24) is 5.32 Å². The van der Waals surface area contributed by atoms with Crippen LogP contribution in [0.2, 0.25) is 10.0 Å². The van der Waals surface area contributed by atoms with E-state index in [1.54, 1.807) is 4.90 Å². The van der Waals surface area contributed by atoms with Crippen molar-refractivity contribution in [3.8, 4) is 0 Å². The van der Waals surface area contributed by atoms with E-state index in [9.17, 15) is 9.18 Å². The third-order valence-electron chi connectivity index (χ3n) is 3.47. The molecule has 2 fully saturated rings. The monoisotopic (exact) mass is 302 g/mol. The number of amides is 1. The molecule has 0 bridgehead atoms. The van der Waals surface area contributed by atoms with E-state index in [0.717, 1.165) is 19.3 Å². The van der Waals surface area contributed by atoms with Gasteiger partial charge in [-0.3, -0.25) is 4.79 Å². The van der Waals surface area contributed by atoms with E-state index in [2.05, 4.69) is 5.32 Å². The summed E-state index contributed by atoms with van der Waals surface area (Å²) in [6.07, 6.45) is 2.98. The molecule has 0 spiro atoms. The maximum absolute atomic E-state index is 13.2. The number of carbonyl (C=O) groups excluding carboxylic acids is 1. The number of halogens is 3. The molecule has 3 nitrogen and oxygen atoms in total. The van der Waals surface area contributed by atoms with Gasteiger partial charge in [-0.25, -0.2) is 4.39 Å². The molecule has 1 N–H and O–H groups in total. The molecule has 1 saturated carbocycles. The lowest BCUT2D eigenvalue weighted by atomic mass is 10.2. The molecule has 1 aromatic carbocycles. The summed E-state index contributed by atoms with van der Waals surface area (Å²) in [5.74, 6) is -0.541. The molecule has 1 heterocycles. The van der Waals surface area contributed by atoms with Crippen LogP contribution >= 0.6 is 23.2 Å². The van der Waals surface area contributed by atoms with Crippen LogP contribution in [0.25, 0.3) is 0 Å². The fraction of sp³-hybridized carbons (Fsp3) is 0.462. The van der Waals surface area contributed by atoms with Crippen molar-refractivity contribution in [2.75, 3.05) is 11.4 Å². The first kappa shape index (κ1) is 13.2.